The molecule has 0 saturated carbocycles. The van der Waals surface area contributed by atoms with Gasteiger partial charge in [0.1, 0.15) is 5.82 Å². The Morgan fingerprint density at radius 3 is 2.52 bits per heavy atom. The zero-order valence-electron chi connectivity index (χ0n) is 10.9. The highest BCUT2D eigenvalue weighted by Crippen LogP contribution is 2.35. The number of benzene rings is 1. The lowest BCUT2D eigenvalue weighted by Gasteiger charge is -2.19. The predicted molar refractivity (Wildman–Crippen MR) is 70.7 cm³/mol. The molecule has 0 radical (unpaired) electrons. The number of nitrogen functional groups attached to an aromatic ring is 1. The van der Waals surface area contributed by atoms with E-state index in [-0.39, 0.29) is 12.0 Å². The summed E-state index contributed by atoms with van der Waals surface area (Å²) in [5, 5.41) is 0. The molecular weight excluding hydrogens is 286 g/mol. The standard InChI is InChI=1S/C14H13F4N3/c15-9-1-2-11(14(16,17)18)10(6-9)13(20)5-8-7-21-4-3-12(8)19/h1-4,6-7,13H,5,20H2,(H2,19,21). The van der Waals surface area contributed by atoms with Crippen LogP contribution in [0.4, 0.5) is 23.2 Å². The van der Waals surface area contributed by atoms with Crippen LogP contribution in [0.25, 0.3) is 0 Å². The van der Waals surface area contributed by atoms with Gasteiger partial charge in [-0.25, -0.2) is 4.39 Å². The van der Waals surface area contributed by atoms with Gasteiger partial charge in [0.15, 0.2) is 0 Å². The number of aromatic nitrogens is 1. The minimum atomic E-state index is -4.60. The van der Waals surface area contributed by atoms with Crippen molar-refractivity contribution in [2.75, 3.05) is 5.73 Å². The van der Waals surface area contributed by atoms with Gasteiger partial charge in [-0.2, -0.15) is 13.2 Å². The molecule has 4 N–H and O–H groups in total. The van der Waals surface area contributed by atoms with E-state index >= 15 is 0 Å². The fourth-order valence-corrected chi connectivity index (χ4v) is 2.05. The van der Waals surface area contributed by atoms with Gasteiger partial charge in [-0.05, 0) is 41.8 Å². The summed E-state index contributed by atoms with van der Waals surface area (Å²) in [6, 6.07) is 2.75. The van der Waals surface area contributed by atoms with E-state index in [0.717, 1.165) is 12.1 Å². The second-order valence-corrected chi connectivity index (χ2v) is 4.61. The molecule has 0 fully saturated rings. The van der Waals surface area contributed by atoms with E-state index in [2.05, 4.69) is 4.98 Å². The molecule has 0 aliphatic rings. The molecule has 7 heteroatoms. The third-order valence-electron chi connectivity index (χ3n) is 3.10. The Morgan fingerprint density at radius 1 is 1.19 bits per heavy atom. The monoisotopic (exact) mass is 299 g/mol. The van der Waals surface area contributed by atoms with Gasteiger partial charge < -0.3 is 11.5 Å². The van der Waals surface area contributed by atoms with Crippen LogP contribution in [-0.2, 0) is 12.6 Å². The van der Waals surface area contributed by atoms with Crippen LogP contribution in [0.15, 0.2) is 36.7 Å². The van der Waals surface area contributed by atoms with E-state index in [9.17, 15) is 17.6 Å². The number of nitrogens with zero attached hydrogens (tertiary/aromatic N) is 1. The second-order valence-electron chi connectivity index (χ2n) is 4.61. The first-order chi connectivity index (χ1) is 9.79. The van der Waals surface area contributed by atoms with Crippen LogP contribution >= 0.6 is 0 Å². The number of nitrogens with two attached hydrogens (primary N) is 2. The number of pyridine rings is 1. The number of hydrogen-bond acceptors (Lipinski definition) is 3. The molecule has 2 aromatic rings. The maximum absolute atomic E-state index is 13.3. The smallest absolute Gasteiger partial charge is 0.398 e. The molecule has 0 aliphatic carbocycles. The van der Waals surface area contributed by atoms with Crippen LogP contribution in [0.3, 0.4) is 0 Å². The molecule has 0 amide bonds. The van der Waals surface area contributed by atoms with Crippen LogP contribution in [0.2, 0.25) is 0 Å². The Hall–Kier alpha value is -2.15. The predicted octanol–water partition coefficient (Wildman–Crippen LogP) is 3.06. The average molecular weight is 299 g/mol. The summed E-state index contributed by atoms with van der Waals surface area (Å²) in [5.41, 5.74) is 11.2. The summed E-state index contributed by atoms with van der Waals surface area (Å²) in [7, 11) is 0. The van der Waals surface area contributed by atoms with E-state index in [1.165, 1.54) is 18.5 Å². The maximum atomic E-state index is 13.3. The van der Waals surface area contributed by atoms with E-state index in [1.807, 2.05) is 0 Å². The van der Waals surface area contributed by atoms with Crippen molar-refractivity contribution < 1.29 is 17.6 Å². The minimum Gasteiger partial charge on any atom is -0.398 e. The number of anilines is 1. The van der Waals surface area contributed by atoms with Crippen molar-refractivity contribution in [1.82, 2.24) is 4.98 Å². The summed E-state index contributed by atoms with van der Waals surface area (Å²) < 4.78 is 52.1. The Morgan fingerprint density at radius 2 is 1.90 bits per heavy atom. The first-order valence-corrected chi connectivity index (χ1v) is 6.09. The van der Waals surface area contributed by atoms with Crippen LogP contribution in [0.1, 0.15) is 22.7 Å². The molecule has 1 heterocycles. The van der Waals surface area contributed by atoms with Gasteiger partial charge in [0.2, 0.25) is 0 Å². The first-order valence-electron chi connectivity index (χ1n) is 6.09. The highest BCUT2D eigenvalue weighted by atomic mass is 19.4. The van der Waals surface area contributed by atoms with Gasteiger partial charge >= 0.3 is 6.18 Å². The second kappa shape index (κ2) is 5.69. The Balaban J connectivity index is 2.37. The van der Waals surface area contributed by atoms with Crippen molar-refractivity contribution in [1.29, 1.82) is 0 Å². The normalized spacial score (nSPS) is 13.2. The summed E-state index contributed by atoms with van der Waals surface area (Å²) in [6.45, 7) is 0. The van der Waals surface area contributed by atoms with Crippen LogP contribution < -0.4 is 11.5 Å². The van der Waals surface area contributed by atoms with E-state index in [1.54, 1.807) is 0 Å². The van der Waals surface area contributed by atoms with Crippen LogP contribution in [0, 0.1) is 5.82 Å². The molecular formula is C14H13F4N3. The van der Waals surface area contributed by atoms with Crippen LogP contribution in [-0.4, -0.2) is 4.98 Å². The van der Waals surface area contributed by atoms with Gasteiger partial charge in [-0.15, -0.1) is 0 Å². The lowest BCUT2D eigenvalue weighted by atomic mass is 9.95. The summed E-state index contributed by atoms with van der Waals surface area (Å²) in [6.07, 6.45) is -1.66. The highest BCUT2D eigenvalue weighted by Gasteiger charge is 2.34. The summed E-state index contributed by atoms with van der Waals surface area (Å²) in [4.78, 5) is 3.85. The molecule has 21 heavy (non-hydrogen) atoms. The van der Waals surface area contributed by atoms with Crippen molar-refractivity contribution in [3.8, 4) is 0 Å². The van der Waals surface area contributed by atoms with Crippen LogP contribution in [0.5, 0.6) is 0 Å². The fourth-order valence-electron chi connectivity index (χ4n) is 2.05. The molecule has 3 nitrogen and oxygen atoms in total. The van der Waals surface area contributed by atoms with Crippen molar-refractivity contribution in [3.05, 3.63) is 59.2 Å². The van der Waals surface area contributed by atoms with E-state index in [0.29, 0.717) is 17.3 Å². The van der Waals surface area contributed by atoms with Gasteiger partial charge in [-0.3, -0.25) is 4.98 Å². The summed E-state index contributed by atoms with van der Waals surface area (Å²) >= 11 is 0. The van der Waals surface area contributed by atoms with E-state index in [4.69, 9.17) is 11.5 Å². The molecule has 2 rings (SSSR count). The van der Waals surface area contributed by atoms with Gasteiger partial charge in [-0.1, -0.05) is 0 Å². The third-order valence-corrected chi connectivity index (χ3v) is 3.10. The number of hydrogen-bond donors (Lipinski definition) is 2. The highest BCUT2D eigenvalue weighted by molar-refractivity contribution is 5.45. The largest absolute Gasteiger partial charge is 0.416 e. The topological polar surface area (TPSA) is 64.9 Å². The Labute approximate surface area is 118 Å². The third kappa shape index (κ3) is 3.49. The zero-order valence-corrected chi connectivity index (χ0v) is 10.9. The lowest BCUT2D eigenvalue weighted by molar-refractivity contribution is -0.138. The zero-order chi connectivity index (χ0) is 15.6. The van der Waals surface area contributed by atoms with Gasteiger partial charge in [0.25, 0.3) is 0 Å². The Bertz CT molecular complexity index is 640. The van der Waals surface area contributed by atoms with Crippen molar-refractivity contribution in [2.24, 2.45) is 5.73 Å². The molecule has 0 spiro atoms. The van der Waals surface area contributed by atoms with Crippen molar-refractivity contribution in [3.63, 3.8) is 0 Å². The molecule has 0 saturated heterocycles. The molecule has 0 bridgehead atoms. The molecule has 0 aliphatic heterocycles. The van der Waals surface area contributed by atoms with Crippen molar-refractivity contribution >= 4 is 5.69 Å². The lowest BCUT2D eigenvalue weighted by Crippen LogP contribution is -2.20. The first kappa shape index (κ1) is 15.2. The van der Waals surface area contributed by atoms with E-state index < -0.39 is 23.6 Å². The van der Waals surface area contributed by atoms with Gasteiger partial charge in [0.05, 0.1) is 5.56 Å². The number of halogens is 4. The van der Waals surface area contributed by atoms with Gasteiger partial charge in [0, 0.05) is 24.1 Å². The number of alkyl halides is 3. The Kier molecular flexibility index (Phi) is 4.13. The summed E-state index contributed by atoms with van der Waals surface area (Å²) in [5.74, 6) is -0.771. The maximum Gasteiger partial charge on any atom is 0.416 e. The molecule has 1 atom stereocenters. The average Bonchev–Trinajstić information content (AvgIpc) is 2.40. The minimum absolute atomic E-state index is 0.0339. The number of rotatable bonds is 3. The molecule has 1 aromatic heterocycles. The van der Waals surface area contributed by atoms with Crippen molar-refractivity contribution in [2.45, 2.75) is 18.6 Å². The fraction of sp³-hybridized carbons (Fsp3) is 0.214. The molecule has 1 unspecified atom stereocenters. The molecule has 1 aromatic carbocycles. The molecule has 112 valence electrons. The quantitative estimate of drug-likeness (QED) is 0.856. The SMILES string of the molecule is Nc1ccncc1CC(N)c1cc(F)ccc1C(F)(F)F.